The highest BCUT2D eigenvalue weighted by Crippen LogP contribution is 2.22. The third kappa shape index (κ3) is 4.69. The second kappa shape index (κ2) is 6.24. The third-order valence-electron chi connectivity index (χ3n) is 3.54. The van der Waals surface area contributed by atoms with Gasteiger partial charge in [0.25, 0.3) is 0 Å². The second-order valence-electron chi connectivity index (χ2n) is 6.05. The van der Waals surface area contributed by atoms with Crippen LogP contribution < -0.4 is 5.32 Å². The van der Waals surface area contributed by atoms with Crippen molar-refractivity contribution in [2.45, 2.75) is 45.6 Å². The van der Waals surface area contributed by atoms with Gasteiger partial charge in [-0.1, -0.05) is 26.0 Å². The van der Waals surface area contributed by atoms with Gasteiger partial charge in [0.05, 0.1) is 0 Å². The number of hydrogen-bond donors (Lipinski definition) is 2. The minimum absolute atomic E-state index is 0.357. The molecule has 1 saturated carbocycles. The summed E-state index contributed by atoms with van der Waals surface area (Å²) in [7, 11) is 0. The van der Waals surface area contributed by atoms with Gasteiger partial charge < -0.3 is 10.4 Å². The minimum atomic E-state index is 0.357. The summed E-state index contributed by atoms with van der Waals surface area (Å²) in [5.41, 5.74) is 1.33. The van der Waals surface area contributed by atoms with Crippen molar-refractivity contribution in [1.29, 1.82) is 0 Å². The van der Waals surface area contributed by atoms with Crippen LogP contribution in [0.5, 0.6) is 5.75 Å². The average molecular weight is 247 g/mol. The molecule has 2 heteroatoms. The molecule has 0 aliphatic heterocycles. The van der Waals surface area contributed by atoms with Gasteiger partial charge in [0.15, 0.2) is 0 Å². The van der Waals surface area contributed by atoms with Crippen LogP contribution in [0.15, 0.2) is 24.3 Å². The lowest BCUT2D eigenvalue weighted by atomic mass is 9.91. The first-order chi connectivity index (χ1) is 8.63. The molecule has 0 aromatic heterocycles. The van der Waals surface area contributed by atoms with E-state index in [4.69, 9.17) is 0 Å². The molecule has 18 heavy (non-hydrogen) atoms. The molecule has 1 unspecified atom stereocenters. The van der Waals surface area contributed by atoms with Crippen molar-refractivity contribution in [3.05, 3.63) is 29.8 Å². The van der Waals surface area contributed by atoms with Crippen molar-refractivity contribution in [2.75, 3.05) is 6.54 Å². The number of nitrogens with one attached hydrogen (secondary N) is 1. The molecule has 0 bridgehead atoms. The van der Waals surface area contributed by atoms with Crippen LogP contribution in [0.1, 0.15) is 38.7 Å². The molecule has 1 aliphatic carbocycles. The molecule has 1 aromatic carbocycles. The Kier molecular flexibility index (Phi) is 4.65. The molecule has 0 radical (unpaired) electrons. The normalized spacial score (nSPS) is 17.1. The molecule has 0 spiro atoms. The SMILES string of the molecule is CC(C)CC(CNC1CC1)Cc1ccc(O)cc1. The maximum Gasteiger partial charge on any atom is 0.115 e. The second-order valence-corrected chi connectivity index (χ2v) is 6.05. The first-order valence-electron chi connectivity index (χ1n) is 7.14. The van der Waals surface area contributed by atoms with Crippen molar-refractivity contribution in [1.82, 2.24) is 5.32 Å². The molecule has 2 N–H and O–H groups in total. The summed E-state index contributed by atoms with van der Waals surface area (Å²) in [5, 5.41) is 13.0. The largest absolute Gasteiger partial charge is 0.508 e. The fourth-order valence-corrected chi connectivity index (χ4v) is 2.49. The molecule has 0 amide bonds. The number of benzene rings is 1. The predicted molar refractivity (Wildman–Crippen MR) is 75.8 cm³/mol. The molecular formula is C16H25NO. The summed E-state index contributed by atoms with van der Waals surface area (Å²) in [5.74, 6) is 1.80. The Morgan fingerprint density at radius 2 is 1.89 bits per heavy atom. The molecule has 0 heterocycles. The van der Waals surface area contributed by atoms with E-state index in [1.54, 1.807) is 12.1 Å². The van der Waals surface area contributed by atoms with Crippen LogP contribution in [0.25, 0.3) is 0 Å². The Morgan fingerprint density at radius 1 is 1.22 bits per heavy atom. The molecule has 100 valence electrons. The Labute approximate surface area is 110 Å². The van der Waals surface area contributed by atoms with E-state index in [-0.39, 0.29) is 0 Å². The van der Waals surface area contributed by atoms with Crippen molar-refractivity contribution >= 4 is 0 Å². The maximum absolute atomic E-state index is 9.31. The van der Waals surface area contributed by atoms with Gasteiger partial charge in [0, 0.05) is 6.04 Å². The lowest BCUT2D eigenvalue weighted by Crippen LogP contribution is -2.27. The summed E-state index contributed by atoms with van der Waals surface area (Å²) in [4.78, 5) is 0. The summed E-state index contributed by atoms with van der Waals surface area (Å²) in [6.45, 7) is 5.71. The average Bonchev–Trinajstić information content (AvgIpc) is 3.12. The lowest BCUT2D eigenvalue weighted by Gasteiger charge is -2.20. The van der Waals surface area contributed by atoms with Gasteiger partial charge in [-0.2, -0.15) is 0 Å². The minimum Gasteiger partial charge on any atom is -0.508 e. The monoisotopic (exact) mass is 247 g/mol. The van der Waals surface area contributed by atoms with E-state index in [2.05, 4.69) is 19.2 Å². The summed E-state index contributed by atoms with van der Waals surface area (Å²) >= 11 is 0. The van der Waals surface area contributed by atoms with Crippen LogP contribution in [-0.4, -0.2) is 17.7 Å². The molecule has 2 nitrogen and oxygen atoms in total. The number of rotatable bonds is 7. The van der Waals surface area contributed by atoms with Gasteiger partial charge in [-0.05, 0) is 61.8 Å². The predicted octanol–water partition coefficient (Wildman–Crippen LogP) is 3.35. The van der Waals surface area contributed by atoms with Crippen LogP contribution in [0.2, 0.25) is 0 Å². The van der Waals surface area contributed by atoms with Gasteiger partial charge in [-0.25, -0.2) is 0 Å². The quantitative estimate of drug-likeness (QED) is 0.774. The van der Waals surface area contributed by atoms with Crippen LogP contribution in [0.3, 0.4) is 0 Å². The molecule has 2 rings (SSSR count). The third-order valence-corrected chi connectivity index (χ3v) is 3.54. The number of hydrogen-bond acceptors (Lipinski definition) is 2. The maximum atomic E-state index is 9.31. The molecule has 1 aromatic rings. The van der Waals surface area contributed by atoms with Crippen LogP contribution >= 0.6 is 0 Å². The van der Waals surface area contributed by atoms with E-state index in [1.165, 1.54) is 24.8 Å². The lowest BCUT2D eigenvalue weighted by molar-refractivity contribution is 0.384. The van der Waals surface area contributed by atoms with Crippen molar-refractivity contribution in [2.24, 2.45) is 11.8 Å². The first kappa shape index (κ1) is 13.4. The molecule has 1 aliphatic rings. The van der Waals surface area contributed by atoms with Crippen LogP contribution in [0, 0.1) is 11.8 Å². The number of aromatic hydroxyl groups is 1. The zero-order chi connectivity index (χ0) is 13.0. The zero-order valence-electron chi connectivity index (χ0n) is 11.5. The van der Waals surface area contributed by atoms with E-state index in [0.29, 0.717) is 11.7 Å². The highest BCUT2D eigenvalue weighted by molar-refractivity contribution is 5.26. The van der Waals surface area contributed by atoms with Gasteiger partial charge in [0.2, 0.25) is 0 Å². The molecule has 1 fully saturated rings. The van der Waals surface area contributed by atoms with Crippen LogP contribution in [0.4, 0.5) is 0 Å². The van der Waals surface area contributed by atoms with Crippen molar-refractivity contribution in [3.8, 4) is 5.75 Å². The van der Waals surface area contributed by atoms with Crippen molar-refractivity contribution in [3.63, 3.8) is 0 Å². The molecule has 0 saturated heterocycles. The Bertz CT molecular complexity index is 354. The standard InChI is InChI=1S/C16H25NO/c1-12(2)9-14(11-17-15-5-6-15)10-13-3-7-16(18)8-4-13/h3-4,7-8,12,14-15,17-18H,5-6,9-11H2,1-2H3. The van der Waals surface area contributed by atoms with Gasteiger partial charge in [0.1, 0.15) is 5.75 Å². The Hall–Kier alpha value is -1.02. The highest BCUT2D eigenvalue weighted by atomic mass is 16.3. The van der Waals surface area contributed by atoms with Gasteiger partial charge in [-0.15, -0.1) is 0 Å². The molecule has 1 atom stereocenters. The highest BCUT2D eigenvalue weighted by Gasteiger charge is 2.22. The van der Waals surface area contributed by atoms with Gasteiger partial charge in [-0.3, -0.25) is 0 Å². The van der Waals surface area contributed by atoms with E-state index in [9.17, 15) is 5.11 Å². The van der Waals surface area contributed by atoms with Gasteiger partial charge >= 0.3 is 0 Å². The van der Waals surface area contributed by atoms with E-state index < -0.39 is 0 Å². The number of phenols is 1. The Morgan fingerprint density at radius 3 is 2.44 bits per heavy atom. The number of phenolic OH excluding ortho intramolecular Hbond substituents is 1. The fraction of sp³-hybridized carbons (Fsp3) is 0.625. The van der Waals surface area contributed by atoms with E-state index in [0.717, 1.165) is 24.9 Å². The first-order valence-corrected chi connectivity index (χ1v) is 7.14. The fourth-order valence-electron chi connectivity index (χ4n) is 2.49. The topological polar surface area (TPSA) is 32.3 Å². The van der Waals surface area contributed by atoms with E-state index >= 15 is 0 Å². The van der Waals surface area contributed by atoms with Crippen molar-refractivity contribution < 1.29 is 5.11 Å². The smallest absolute Gasteiger partial charge is 0.115 e. The summed E-state index contributed by atoms with van der Waals surface area (Å²) < 4.78 is 0. The summed E-state index contributed by atoms with van der Waals surface area (Å²) in [6, 6.07) is 8.45. The van der Waals surface area contributed by atoms with Crippen LogP contribution in [-0.2, 0) is 6.42 Å². The zero-order valence-corrected chi connectivity index (χ0v) is 11.5. The van der Waals surface area contributed by atoms with E-state index in [1.807, 2.05) is 12.1 Å². The summed E-state index contributed by atoms with van der Waals surface area (Å²) in [6.07, 6.45) is 5.08. The Balaban J connectivity index is 1.87. The molecular weight excluding hydrogens is 222 g/mol.